The Kier molecular flexibility index (Phi) is 4.14. The summed E-state index contributed by atoms with van der Waals surface area (Å²) in [4.78, 5) is 19.0. The fraction of sp³-hybridized carbons (Fsp3) is 0.176. The summed E-state index contributed by atoms with van der Waals surface area (Å²) in [6.45, 7) is 0.449. The largest absolute Gasteiger partial charge is 0.352 e. The van der Waals surface area contributed by atoms with Crippen molar-refractivity contribution in [1.29, 1.82) is 0 Å². The Morgan fingerprint density at radius 1 is 1.23 bits per heavy atom. The number of aromatic nitrogens is 2. The van der Waals surface area contributed by atoms with Crippen molar-refractivity contribution in [1.82, 2.24) is 15.3 Å². The zero-order valence-corrected chi connectivity index (χ0v) is 12.0. The van der Waals surface area contributed by atoms with Gasteiger partial charge in [0.25, 0.3) is 0 Å². The van der Waals surface area contributed by atoms with Crippen LogP contribution in [-0.4, -0.2) is 15.9 Å². The first-order valence-electron chi connectivity index (χ1n) is 7.14. The number of hydrogen-bond acceptors (Lipinski definition) is 2. The summed E-state index contributed by atoms with van der Waals surface area (Å²) in [5.74, 6) is -0.354. The van der Waals surface area contributed by atoms with Crippen molar-refractivity contribution in [3.8, 4) is 0 Å². The van der Waals surface area contributed by atoms with Crippen molar-refractivity contribution >= 4 is 16.9 Å². The first-order chi connectivity index (χ1) is 10.7. The molecule has 3 rings (SSSR count). The van der Waals surface area contributed by atoms with Crippen molar-refractivity contribution in [2.75, 3.05) is 0 Å². The van der Waals surface area contributed by atoms with Crippen LogP contribution in [0.25, 0.3) is 11.0 Å². The number of aromatic amines is 1. The third-order valence-corrected chi connectivity index (χ3v) is 3.55. The average molecular weight is 297 g/mol. The number of fused-ring (bicyclic) bond motifs is 1. The van der Waals surface area contributed by atoms with E-state index in [4.69, 9.17) is 0 Å². The normalized spacial score (nSPS) is 10.8. The molecule has 0 atom stereocenters. The van der Waals surface area contributed by atoms with E-state index in [1.165, 1.54) is 6.07 Å². The third-order valence-electron chi connectivity index (χ3n) is 3.55. The van der Waals surface area contributed by atoms with E-state index in [0.717, 1.165) is 16.6 Å². The minimum Gasteiger partial charge on any atom is -0.352 e. The number of halogens is 1. The number of H-pyrrole nitrogens is 1. The summed E-state index contributed by atoms with van der Waals surface area (Å²) in [6, 6.07) is 12.3. The van der Waals surface area contributed by atoms with Crippen LogP contribution in [0.2, 0.25) is 0 Å². The molecule has 0 radical (unpaired) electrons. The second-order valence-electron chi connectivity index (χ2n) is 5.12. The lowest BCUT2D eigenvalue weighted by atomic mass is 10.1. The molecule has 1 aromatic heterocycles. The van der Waals surface area contributed by atoms with E-state index >= 15 is 0 Å². The average Bonchev–Trinajstić information content (AvgIpc) is 2.99. The lowest BCUT2D eigenvalue weighted by molar-refractivity contribution is -0.121. The zero-order chi connectivity index (χ0) is 15.4. The van der Waals surface area contributed by atoms with Gasteiger partial charge in [0.1, 0.15) is 5.82 Å². The van der Waals surface area contributed by atoms with Gasteiger partial charge in [-0.15, -0.1) is 0 Å². The highest BCUT2D eigenvalue weighted by Gasteiger charge is 2.06. The number of imidazole rings is 1. The molecule has 1 heterocycles. The lowest BCUT2D eigenvalue weighted by Crippen LogP contribution is -2.23. The molecule has 0 aliphatic heterocycles. The van der Waals surface area contributed by atoms with Crippen LogP contribution < -0.4 is 5.32 Å². The van der Waals surface area contributed by atoms with E-state index in [1.54, 1.807) is 24.5 Å². The van der Waals surface area contributed by atoms with Crippen LogP contribution in [0.1, 0.15) is 17.5 Å². The number of carbonyl (C=O) groups is 1. The molecule has 3 aromatic rings. The molecule has 4 nitrogen and oxygen atoms in total. The van der Waals surface area contributed by atoms with E-state index in [0.29, 0.717) is 18.5 Å². The Balaban J connectivity index is 1.52. The van der Waals surface area contributed by atoms with Crippen molar-refractivity contribution < 1.29 is 9.18 Å². The summed E-state index contributed by atoms with van der Waals surface area (Å²) >= 11 is 0. The Labute approximate surface area is 127 Å². The van der Waals surface area contributed by atoms with Crippen molar-refractivity contribution in [3.63, 3.8) is 0 Å². The van der Waals surface area contributed by atoms with Crippen molar-refractivity contribution in [3.05, 3.63) is 65.7 Å². The zero-order valence-electron chi connectivity index (χ0n) is 12.0. The maximum atomic E-state index is 13.5. The number of hydrogen-bond donors (Lipinski definition) is 2. The molecule has 1 amide bonds. The molecule has 0 bridgehead atoms. The van der Waals surface area contributed by atoms with Gasteiger partial charge in [-0.05, 0) is 35.7 Å². The van der Waals surface area contributed by atoms with Gasteiger partial charge in [-0.3, -0.25) is 4.79 Å². The third kappa shape index (κ3) is 3.31. The van der Waals surface area contributed by atoms with Gasteiger partial charge in [-0.2, -0.15) is 0 Å². The van der Waals surface area contributed by atoms with E-state index in [9.17, 15) is 9.18 Å². The fourth-order valence-corrected chi connectivity index (χ4v) is 2.33. The molecule has 0 saturated carbocycles. The molecule has 2 N–H and O–H groups in total. The number of amides is 1. The predicted molar refractivity (Wildman–Crippen MR) is 82.7 cm³/mol. The molecular formula is C17H16FN3O. The van der Waals surface area contributed by atoms with Gasteiger partial charge in [0.05, 0.1) is 17.4 Å². The summed E-state index contributed by atoms with van der Waals surface area (Å²) < 4.78 is 13.5. The molecule has 0 aliphatic rings. The van der Waals surface area contributed by atoms with Gasteiger partial charge in [0, 0.05) is 13.0 Å². The van der Waals surface area contributed by atoms with Crippen LogP contribution in [0.5, 0.6) is 0 Å². The highest BCUT2D eigenvalue weighted by molar-refractivity contribution is 5.77. The first-order valence-corrected chi connectivity index (χ1v) is 7.14. The molecule has 5 heteroatoms. The maximum Gasteiger partial charge on any atom is 0.220 e. The number of benzene rings is 2. The molecule has 0 aliphatic carbocycles. The van der Waals surface area contributed by atoms with Gasteiger partial charge >= 0.3 is 0 Å². The highest BCUT2D eigenvalue weighted by atomic mass is 19.1. The maximum absolute atomic E-state index is 13.5. The van der Waals surface area contributed by atoms with Gasteiger partial charge in [-0.25, -0.2) is 9.37 Å². The molecule has 112 valence electrons. The predicted octanol–water partition coefficient (Wildman–Crippen LogP) is 2.95. The SMILES string of the molecule is O=C(CCc1ccccc1F)NCc1ccc2nc[nH]c2c1. The monoisotopic (exact) mass is 297 g/mol. The Morgan fingerprint density at radius 2 is 2.09 bits per heavy atom. The number of carbonyl (C=O) groups excluding carboxylic acids is 1. The molecule has 0 unspecified atom stereocenters. The summed E-state index contributed by atoms with van der Waals surface area (Å²) in [6.07, 6.45) is 2.31. The van der Waals surface area contributed by atoms with E-state index in [2.05, 4.69) is 15.3 Å². The van der Waals surface area contributed by atoms with E-state index in [-0.39, 0.29) is 18.1 Å². The minimum absolute atomic E-state index is 0.0899. The van der Waals surface area contributed by atoms with Crippen molar-refractivity contribution in [2.45, 2.75) is 19.4 Å². The quantitative estimate of drug-likeness (QED) is 0.760. The smallest absolute Gasteiger partial charge is 0.220 e. The topological polar surface area (TPSA) is 57.8 Å². The van der Waals surface area contributed by atoms with Gasteiger partial charge < -0.3 is 10.3 Å². The van der Waals surface area contributed by atoms with Crippen LogP contribution in [0.3, 0.4) is 0 Å². The van der Waals surface area contributed by atoms with Crippen LogP contribution in [0.15, 0.2) is 48.8 Å². The van der Waals surface area contributed by atoms with Crippen LogP contribution in [0, 0.1) is 5.82 Å². The van der Waals surface area contributed by atoms with E-state index in [1.807, 2.05) is 18.2 Å². The number of nitrogens with one attached hydrogen (secondary N) is 2. The number of nitrogens with zero attached hydrogens (tertiary/aromatic N) is 1. The number of aryl methyl sites for hydroxylation is 1. The van der Waals surface area contributed by atoms with Crippen LogP contribution in [-0.2, 0) is 17.8 Å². The lowest BCUT2D eigenvalue weighted by Gasteiger charge is -2.06. The van der Waals surface area contributed by atoms with Gasteiger partial charge in [-0.1, -0.05) is 24.3 Å². The van der Waals surface area contributed by atoms with Gasteiger partial charge in [0.15, 0.2) is 0 Å². The molecule has 22 heavy (non-hydrogen) atoms. The van der Waals surface area contributed by atoms with Crippen LogP contribution in [0.4, 0.5) is 4.39 Å². The first kappa shape index (κ1) is 14.3. The Bertz CT molecular complexity index is 797. The van der Waals surface area contributed by atoms with Crippen molar-refractivity contribution in [2.24, 2.45) is 0 Å². The molecule has 2 aromatic carbocycles. The number of rotatable bonds is 5. The molecule has 0 fully saturated rings. The minimum atomic E-state index is -0.264. The molecule has 0 saturated heterocycles. The molecular weight excluding hydrogens is 281 g/mol. The highest BCUT2D eigenvalue weighted by Crippen LogP contribution is 2.12. The Hall–Kier alpha value is -2.69. The van der Waals surface area contributed by atoms with Crippen LogP contribution >= 0.6 is 0 Å². The standard InChI is InChI=1S/C17H16FN3O/c18-14-4-2-1-3-13(14)6-8-17(22)19-10-12-5-7-15-16(9-12)21-11-20-15/h1-5,7,9,11H,6,8,10H2,(H,19,22)(H,20,21). The molecule has 0 spiro atoms. The second kappa shape index (κ2) is 6.39. The second-order valence-corrected chi connectivity index (χ2v) is 5.12. The summed E-state index contributed by atoms with van der Waals surface area (Å²) in [7, 11) is 0. The fourth-order valence-electron chi connectivity index (χ4n) is 2.33. The van der Waals surface area contributed by atoms with Gasteiger partial charge in [0.2, 0.25) is 5.91 Å². The summed E-state index contributed by atoms with van der Waals surface area (Å²) in [5, 5.41) is 2.85. The Morgan fingerprint density at radius 3 is 2.95 bits per heavy atom. The van der Waals surface area contributed by atoms with E-state index < -0.39 is 0 Å². The summed E-state index contributed by atoms with van der Waals surface area (Å²) in [5.41, 5.74) is 3.40.